The fourth-order valence-corrected chi connectivity index (χ4v) is 2.17. The molecular weight excluding hydrogens is 308 g/mol. The molecule has 3 nitrogen and oxygen atoms in total. The molecular formula is C11H10BrClFN3. The van der Waals surface area contributed by atoms with Crippen molar-refractivity contribution in [2.24, 2.45) is 0 Å². The summed E-state index contributed by atoms with van der Waals surface area (Å²) in [4.78, 5) is 0. The molecule has 0 amide bonds. The van der Waals surface area contributed by atoms with E-state index in [0.29, 0.717) is 11.5 Å². The third kappa shape index (κ3) is 2.35. The maximum absolute atomic E-state index is 13.3. The van der Waals surface area contributed by atoms with Crippen LogP contribution in [0, 0.1) is 5.82 Å². The highest BCUT2D eigenvalue weighted by Crippen LogP contribution is 2.28. The van der Waals surface area contributed by atoms with Crippen LogP contribution >= 0.6 is 27.5 Å². The van der Waals surface area contributed by atoms with Crippen LogP contribution in [-0.4, -0.2) is 14.8 Å². The largest absolute Gasteiger partial charge is 0.268 e. The van der Waals surface area contributed by atoms with Crippen LogP contribution in [0.1, 0.15) is 25.6 Å². The minimum Gasteiger partial charge on any atom is -0.268 e. The third-order valence-electron chi connectivity index (χ3n) is 2.31. The Kier molecular flexibility index (Phi) is 3.49. The number of hydrogen-bond acceptors (Lipinski definition) is 2. The summed E-state index contributed by atoms with van der Waals surface area (Å²) in [7, 11) is 0. The zero-order valence-corrected chi connectivity index (χ0v) is 11.6. The fraction of sp³-hybridized carbons (Fsp3) is 0.273. The van der Waals surface area contributed by atoms with E-state index in [1.807, 2.05) is 13.8 Å². The Balaban J connectivity index is 2.67. The molecule has 0 saturated carbocycles. The minimum absolute atomic E-state index is 0.144. The van der Waals surface area contributed by atoms with E-state index in [9.17, 15) is 4.39 Å². The standard InChI is InChI=1S/C11H10BrClFN3/c1-6(2)10-15-16-11(13)17(10)9-5-7(14)3-4-8(9)12/h3-6H,1-2H3. The number of aromatic nitrogens is 3. The van der Waals surface area contributed by atoms with Gasteiger partial charge in [-0.1, -0.05) is 13.8 Å². The topological polar surface area (TPSA) is 30.7 Å². The highest BCUT2D eigenvalue weighted by atomic mass is 79.9. The van der Waals surface area contributed by atoms with Crippen molar-refractivity contribution in [1.82, 2.24) is 14.8 Å². The summed E-state index contributed by atoms with van der Waals surface area (Å²) in [5.74, 6) is 0.508. The summed E-state index contributed by atoms with van der Waals surface area (Å²) < 4.78 is 15.7. The van der Waals surface area contributed by atoms with Crippen LogP contribution in [0.2, 0.25) is 5.28 Å². The molecule has 0 fully saturated rings. The lowest BCUT2D eigenvalue weighted by molar-refractivity contribution is 0.625. The van der Waals surface area contributed by atoms with Gasteiger partial charge in [-0.2, -0.15) is 0 Å². The van der Waals surface area contributed by atoms with E-state index < -0.39 is 0 Å². The summed E-state index contributed by atoms with van der Waals surface area (Å²) >= 11 is 9.36. The lowest BCUT2D eigenvalue weighted by Crippen LogP contribution is -2.04. The van der Waals surface area contributed by atoms with Crippen LogP contribution in [0.3, 0.4) is 0 Å². The molecule has 90 valence electrons. The molecule has 1 aromatic carbocycles. The summed E-state index contributed by atoms with van der Waals surface area (Å²) in [6.07, 6.45) is 0. The van der Waals surface area contributed by atoms with Gasteiger partial charge in [0.2, 0.25) is 5.28 Å². The molecule has 0 bridgehead atoms. The van der Waals surface area contributed by atoms with Crippen LogP contribution in [0.25, 0.3) is 5.69 Å². The van der Waals surface area contributed by atoms with Crippen molar-refractivity contribution in [1.29, 1.82) is 0 Å². The average molecular weight is 319 g/mol. The Labute approximate surface area is 112 Å². The first-order valence-corrected chi connectivity index (χ1v) is 6.24. The highest BCUT2D eigenvalue weighted by Gasteiger charge is 2.17. The summed E-state index contributed by atoms with van der Waals surface area (Å²) in [6.45, 7) is 3.95. The zero-order valence-electron chi connectivity index (χ0n) is 9.28. The summed E-state index contributed by atoms with van der Waals surface area (Å²) in [5.41, 5.74) is 0.601. The molecule has 0 saturated heterocycles. The van der Waals surface area contributed by atoms with Crippen molar-refractivity contribution in [3.63, 3.8) is 0 Å². The van der Waals surface area contributed by atoms with Gasteiger partial charge in [0.05, 0.1) is 5.69 Å². The first kappa shape index (κ1) is 12.5. The maximum Gasteiger partial charge on any atom is 0.229 e. The van der Waals surface area contributed by atoms with Crippen molar-refractivity contribution in [3.05, 3.63) is 39.6 Å². The van der Waals surface area contributed by atoms with E-state index in [2.05, 4.69) is 26.1 Å². The smallest absolute Gasteiger partial charge is 0.229 e. The second-order valence-corrected chi connectivity index (χ2v) is 5.11. The molecule has 1 aromatic heterocycles. The minimum atomic E-state index is -0.331. The quantitative estimate of drug-likeness (QED) is 0.839. The van der Waals surface area contributed by atoms with Gasteiger partial charge in [0.15, 0.2) is 0 Å². The van der Waals surface area contributed by atoms with E-state index >= 15 is 0 Å². The average Bonchev–Trinajstić information content (AvgIpc) is 2.64. The number of nitrogens with zero attached hydrogens (tertiary/aromatic N) is 3. The van der Waals surface area contributed by atoms with E-state index in [1.54, 1.807) is 10.6 Å². The molecule has 0 aliphatic rings. The Morgan fingerprint density at radius 1 is 1.35 bits per heavy atom. The van der Waals surface area contributed by atoms with E-state index in [0.717, 1.165) is 4.47 Å². The second kappa shape index (κ2) is 4.74. The van der Waals surface area contributed by atoms with Crippen LogP contribution in [0.5, 0.6) is 0 Å². The van der Waals surface area contributed by atoms with Crippen LogP contribution < -0.4 is 0 Å². The molecule has 0 atom stereocenters. The van der Waals surface area contributed by atoms with Gasteiger partial charge in [0.25, 0.3) is 0 Å². The third-order valence-corrected chi connectivity index (χ3v) is 3.23. The van der Waals surface area contributed by atoms with Crippen molar-refractivity contribution in [3.8, 4) is 5.69 Å². The molecule has 0 spiro atoms. The molecule has 6 heteroatoms. The van der Waals surface area contributed by atoms with E-state index in [4.69, 9.17) is 11.6 Å². The number of hydrogen-bond donors (Lipinski definition) is 0. The van der Waals surface area contributed by atoms with Gasteiger partial charge >= 0.3 is 0 Å². The van der Waals surface area contributed by atoms with Crippen LogP contribution in [-0.2, 0) is 0 Å². The predicted octanol–water partition coefficient (Wildman–Crippen LogP) is 3.95. The predicted molar refractivity (Wildman–Crippen MR) is 68.1 cm³/mol. The van der Waals surface area contributed by atoms with Gasteiger partial charge in [0, 0.05) is 10.4 Å². The molecule has 2 rings (SSSR count). The van der Waals surface area contributed by atoms with Gasteiger partial charge in [-0.05, 0) is 45.7 Å². The van der Waals surface area contributed by atoms with Crippen molar-refractivity contribution in [2.45, 2.75) is 19.8 Å². The van der Waals surface area contributed by atoms with E-state index in [-0.39, 0.29) is 17.0 Å². The molecule has 2 aromatic rings. The molecule has 1 heterocycles. The van der Waals surface area contributed by atoms with Crippen molar-refractivity contribution < 1.29 is 4.39 Å². The summed E-state index contributed by atoms with van der Waals surface area (Å²) in [6, 6.07) is 4.40. The Morgan fingerprint density at radius 2 is 2.06 bits per heavy atom. The van der Waals surface area contributed by atoms with Crippen LogP contribution in [0.4, 0.5) is 4.39 Å². The lowest BCUT2D eigenvalue weighted by atomic mass is 10.2. The molecule has 0 unspecified atom stereocenters. The normalized spacial score (nSPS) is 11.2. The van der Waals surface area contributed by atoms with Gasteiger partial charge in [-0.25, -0.2) is 4.39 Å². The zero-order chi connectivity index (χ0) is 12.6. The number of benzene rings is 1. The van der Waals surface area contributed by atoms with E-state index in [1.165, 1.54) is 12.1 Å². The first-order valence-electron chi connectivity index (χ1n) is 5.07. The van der Waals surface area contributed by atoms with Crippen molar-refractivity contribution >= 4 is 27.5 Å². The van der Waals surface area contributed by atoms with Gasteiger partial charge < -0.3 is 0 Å². The monoisotopic (exact) mass is 317 g/mol. The lowest BCUT2D eigenvalue weighted by Gasteiger charge is -2.11. The fourth-order valence-electron chi connectivity index (χ4n) is 1.53. The Morgan fingerprint density at radius 3 is 2.71 bits per heavy atom. The highest BCUT2D eigenvalue weighted by molar-refractivity contribution is 9.10. The number of halogens is 3. The summed E-state index contributed by atoms with van der Waals surface area (Å²) in [5, 5.41) is 8.04. The van der Waals surface area contributed by atoms with Gasteiger partial charge in [-0.3, -0.25) is 4.57 Å². The molecule has 0 N–H and O–H groups in total. The van der Waals surface area contributed by atoms with Gasteiger partial charge in [0.1, 0.15) is 11.6 Å². The van der Waals surface area contributed by atoms with Crippen LogP contribution in [0.15, 0.2) is 22.7 Å². The molecule has 0 aliphatic heterocycles. The SMILES string of the molecule is CC(C)c1nnc(Cl)n1-c1cc(F)ccc1Br. The van der Waals surface area contributed by atoms with Gasteiger partial charge in [-0.15, -0.1) is 10.2 Å². The molecule has 17 heavy (non-hydrogen) atoms. The second-order valence-electron chi connectivity index (χ2n) is 3.91. The number of rotatable bonds is 2. The molecule has 0 radical (unpaired) electrons. The Bertz CT molecular complexity index is 554. The molecule has 0 aliphatic carbocycles. The maximum atomic E-state index is 13.3. The van der Waals surface area contributed by atoms with Crippen molar-refractivity contribution in [2.75, 3.05) is 0 Å². The Hall–Kier alpha value is -0.940. The first-order chi connectivity index (χ1) is 8.00.